The van der Waals surface area contributed by atoms with Crippen LogP contribution in [-0.4, -0.2) is 49.7 Å². The molecule has 2 heterocycles. The molecule has 1 aromatic carbocycles. The Balaban J connectivity index is 1.54. The van der Waals surface area contributed by atoms with Crippen molar-refractivity contribution >= 4 is 11.7 Å². The molecule has 0 radical (unpaired) electrons. The number of nitrogens with zero attached hydrogens (tertiary/aromatic N) is 3. The number of piperidine rings is 1. The number of ether oxygens (including phenoxy) is 1. The zero-order valence-corrected chi connectivity index (χ0v) is 17.9. The molecule has 3 rings (SSSR count). The number of carbonyl (C=O) groups excluding carboxylic acids is 1. The first kappa shape index (κ1) is 21.0. The molecule has 1 aliphatic heterocycles. The number of hydrogen-bond acceptors (Lipinski definition) is 4. The largest absolute Gasteiger partial charge is 0.478 e. The topological polar surface area (TPSA) is 57.7 Å². The van der Waals surface area contributed by atoms with Crippen molar-refractivity contribution in [1.82, 2.24) is 15.2 Å². The van der Waals surface area contributed by atoms with Crippen LogP contribution >= 0.6 is 0 Å². The molecule has 1 fully saturated rings. The van der Waals surface area contributed by atoms with E-state index in [1.807, 2.05) is 26.1 Å². The van der Waals surface area contributed by atoms with Crippen molar-refractivity contribution < 1.29 is 9.53 Å². The molecule has 0 saturated carbocycles. The van der Waals surface area contributed by atoms with Crippen LogP contribution in [0.2, 0.25) is 0 Å². The van der Waals surface area contributed by atoms with E-state index >= 15 is 0 Å². The second-order valence-electron chi connectivity index (χ2n) is 7.78. The van der Waals surface area contributed by atoms with Gasteiger partial charge in [0.15, 0.2) is 0 Å². The quantitative estimate of drug-likeness (QED) is 0.795. The SMILES string of the molecule is CCOc1ccc(C2CCN(c3ccc([C@H](C)NC(=O)N(C)C)cc3)CC2)cn1. The van der Waals surface area contributed by atoms with Crippen LogP contribution < -0.4 is 15.0 Å². The first-order valence-corrected chi connectivity index (χ1v) is 10.4. The fourth-order valence-corrected chi connectivity index (χ4v) is 3.71. The molecule has 29 heavy (non-hydrogen) atoms. The van der Waals surface area contributed by atoms with Crippen LogP contribution in [-0.2, 0) is 0 Å². The number of rotatable bonds is 6. The first-order valence-electron chi connectivity index (χ1n) is 10.4. The normalized spacial score (nSPS) is 15.7. The molecular formula is C23H32N4O2. The standard InChI is InChI=1S/C23H32N4O2/c1-5-29-22-11-8-20(16-24-22)19-12-14-27(15-13-19)21-9-6-18(7-10-21)17(2)25-23(28)26(3)4/h6-11,16-17,19H,5,12-15H2,1-4H3,(H,25,28)/t17-/m0/s1. The van der Waals surface area contributed by atoms with E-state index < -0.39 is 0 Å². The predicted octanol–water partition coefficient (Wildman–Crippen LogP) is 4.20. The Morgan fingerprint density at radius 3 is 2.45 bits per heavy atom. The third-order valence-electron chi connectivity index (χ3n) is 5.52. The number of nitrogens with one attached hydrogen (secondary N) is 1. The third kappa shape index (κ3) is 5.40. The summed E-state index contributed by atoms with van der Waals surface area (Å²) >= 11 is 0. The van der Waals surface area contributed by atoms with Gasteiger partial charge in [-0.1, -0.05) is 18.2 Å². The van der Waals surface area contributed by atoms with Crippen molar-refractivity contribution in [3.63, 3.8) is 0 Å². The van der Waals surface area contributed by atoms with Crippen LogP contribution in [0.1, 0.15) is 49.8 Å². The van der Waals surface area contributed by atoms with Crippen molar-refractivity contribution in [2.24, 2.45) is 0 Å². The van der Waals surface area contributed by atoms with Gasteiger partial charge in [0.1, 0.15) is 0 Å². The van der Waals surface area contributed by atoms with Gasteiger partial charge in [-0.25, -0.2) is 9.78 Å². The number of anilines is 1. The van der Waals surface area contributed by atoms with Gasteiger partial charge in [0, 0.05) is 45.1 Å². The molecule has 0 spiro atoms. The lowest BCUT2D eigenvalue weighted by Crippen LogP contribution is -2.36. The van der Waals surface area contributed by atoms with Gasteiger partial charge in [-0.05, 0) is 55.9 Å². The Labute approximate surface area is 173 Å². The summed E-state index contributed by atoms with van der Waals surface area (Å²) in [5.74, 6) is 1.25. The van der Waals surface area contributed by atoms with Gasteiger partial charge < -0.3 is 19.9 Å². The molecule has 0 bridgehead atoms. The van der Waals surface area contributed by atoms with E-state index in [2.05, 4.69) is 45.5 Å². The second-order valence-corrected chi connectivity index (χ2v) is 7.78. The van der Waals surface area contributed by atoms with E-state index in [0.29, 0.717) is 18.4 Å². The summed E-state index contributed by atoms with van der Waals surface area (Å²) in [7, 11) is 3.50. The Kier molecular flexibility index (Phi) is 6.96. The average Bonchev–Trinajstić information content (AvgIpc) is 2.74. The lowest BCUT2D eigenvalue weighted by atomic mass is 9.90. The molecule has 1 N–H and O–H groups in total. The Bertz CT molecular complexity index is 782. The predicted molar refractivity (Wildman–Crippen MR) is 117 cm³/mol. The summed E-state index contributed by atoms with van der Waals surface area (Å²) in [6.45, 7) is 6.68. The van der Waals surface area contributed by atoms with Gasteiger partial charge in [-0.2, -0.15) is 0 Å². The van der Waals surface area contributed by atoms with Gasteiger partial charge in [-0.3, -0.25) is 0 Å². The Morgan fingerprint density at radius 1 is 1.21 bits per heavy atom. The molecular weight excluding hydrogens is 364 g/mol. The minimum absolute atomic E-state index is 0.0168. The van der Waals surface area contributed by atoms with E-state index in [1.165, 1.54) is 11.3 Å². The number of urea groups is 1. The highest BCUT2D eigenvalue weighted by molar-refractivity contribution is 5.74. The minimum Gasteiger partial charge on any atom is -0.478 e. The lowest BCUT2D eigenvalue weighted by Gasteiger charge is -2.34. The van der Waals surface area contributed by atoms with Gasteiger partial charge >= 0.3 is 6.03 Å². The van der Waals surface area contributed by atoms with E-state index in [1.54, 1.807) is 19.0 Å². The van der Waals surface area contributed by atoms with E-state index in [4.69, 9.17) is 4.74 Å². The monoisotopic (exact) mass is 396 g/mol. The third-order valence-corrected chi connectivity index (χ3v) is 5.52. The zero-order chi connectivity index (χ0) is 20.8. The smallest absolute Gasteiger partial charge is 0.317 e. The van der Waals surface area contributed by atoms with Crippen molar-refractivity contribution in [2.75, 3.05) is 38.7 Å². The van der Waals surface area contributed by atoms with Crippen LogP contribution in [0.5, 0.6) is 5.88 Å². The Morgan fingerprint density at radius 2 is 1.90 bits per heavy atom. The molecule has 0 aliphatic carbocycles. The number of hydrogen-bond donors (Lipinski definition) is 1. The average molecular weight is 397 g/mol. The van der Waals surface area contributed by atoms with Gasteiger partial charge in [0.25, 0.3) is 0 Å². The minimum atomic E-state index is -0.0765. The molecule has 1 saturated heterocycles. The molecule has 1 aliphatic rings. The van der Waals surface area contributed by atoms with Crippen LogP contribution in [0.4, 0.5) is 10.5 Å². The molecule has 6 heteroatoms. The summed E-state index contributed by atoms with van der Waals surface area (Å²) in [6.07, 6.45) is 4.20. The van der Waals surface area contributed by atoms with Gasteiger partial charge in [0.05, 0.1) is 12.6 Å². The maximum Gasteiger partial charge on any atom is 0.317 e. The van der Waals surface area contributed by atoms with E-state index in [-0.39, 0.29) is 12.1 Å². The van der Waals surface area contributed by atoms with Crippen LogP contribution in [0.3, 0.4) is 0 Å². The van der Waals surface area contributed by atoms with Crippen molar-refractivity contribution in [3.8, 4) is 5.88 Å². The highest BCUT2D eigenvalue weighted by atomic mass is 16.5. The maximum atomic E-state index is 11.8. The Hall–Kier alpha value is -2.76. The lowest BCUT2D eigenvalue weighted by molar-refractivity contribution is 0.214. The molecule has 2 amide bonds. The molecule has 1 aromatic heterocycles. The van der Waals surface area contributed by atoms with Crippen LogP contribution in [0.25, 0.3) is 0 Å². The van der Waals surface area contributed by atoms with Gasteiger partial charge in [-0.15, -0.1) is 0 Å². The van der Waals surface area contributed by atoms with Crippen LogP contribution in [0.15, 0.2) is 42.6 Å². The number of carbonyl (C=O) groups is 1. The van der Waals surface area contributed by atoms with E-state index in [9.17, 15) is 4.79 Å². The second kappa shape index (κ2) is 9.63. The molecule has 0 unspecified atom stereocenters. The molecule has 2 aromatic rings. The summed E-state index contributed by atoms with van der Waals surface area (Å²) < 4.78 is 5.44. The summed E-state index contributed by atoms with van der Waals surface area (Å²) in [6, 6.07) is 12.6. The number of benzene rings is 1. The van der Waals surface area contributed by atoms with E-state index in [0.717, 1.165) is 31.5 Å². The highest BCUT2D eigenvalue weighted by Gasteiger charge is 2.21. The summed E-state index contributed by atoms with van der Waals surface area (Å²) in [4.78, 5) is 20.2. The van der Waals surface area contributed by atoms with Crippen molar-refractivity contribution in [2.45, 2.75) is 38.6 Å². The number of aromatic nitrogens is 1. The molecule has 1 atom stereocenters. The molecule has 6 nitrogen and oxygen atoms in total. The number of amides is 2. The van der Waals surface area contributed by atoms with Crippen molar-refractivity contribution in [3.05, 3.63) is 53.7 Å². The maximum absolute atomic E-state index is 11.8. The highest BCUT2D eigenvalue weighted by Crippen LogP contribution is 2.31. The zero-order valence-electron chi connectivity index (χ0n) is 17.9. The first-order chi connectivity index (χ1) is 14.0. The fourth-order valence-electron chi connectivity index (χ4n) is 3.71. The van der Waals surface area contributed by atoms with Crippen LogP contribution in [0, 0.1) is 0 Å². The number of pyridine rings is 1. The summed E-state index contributed by atoms with van der Waals surface area (Å²) in [5.41, 5.74) is 3.65. The van der Waals surface area contributed by atoms with Crippen molar-refractivity contribution in [1.29, 1.82) is 0 Å². The summed E-state index contributed by atoms with van der Waals surface area (Å²) in [5, 5.41) is 2.99. The fraction of sp³-hybridized carbons (Fsp3) is 0.478. The molecule has 156 valence electrons. The van der Waals surface area contributed by atoms with Gasteiger partial charge in [0.2, 0.25) is 5.88 Å².